The highest BCUT2D eigenvalue weighted by molar-refractivity contribution is 7.89. The van der Waals surface area contributed by atoms with Crippen LogP contribution in [0.1, 0.15) is 20.3 Å². The van der Waals surface area contributed by atoms with Gasteiger partial charge in [-0.15, -0.1) is 0 Å². The summed E-state index contributed by atoms with van der Waals surface area (Å²) in [4.78, 5) is 22.4. The summed E-state index contributed by atoms with van der Waals surface area (Å²) in [5.41, 5.74) is 0. The fourth-order valence-electron chi connectivity index (χ4n) is 1.68. The van der Waals surface area contributed by atoms with E-state index in [9.17, 15) is 18.0 Å². The largest absolute Gasteiger partial charge is 0.465 e. The summed E-state index contributed by atoms with van der Waals surface area (Å²) in [6.07, 6.45) is 0.212. The molecule has 0 bridgehead atoms. The normalized spacial score (nSPS) is 22.5. The molecule has 0 saturated carbocycles. The number of carbonyl (C=O) groups is 2. The van der Waals surface area contributed by atoms with Crippen molar-refractivity contribution < 1.29 is 22.7 Å². The fourth-order valence-corrected chi connectivity index (χ4v) is 3.06. The summed E-state index contributed by atoms with van der Waals surface area (Å²) in [5.74, 6) is -1.65. The number of sulfonamides is 1. The third kappa shape index (κ3) is 3.78. The molecule has 1 heterocycles. The quantitative estimate of drug-likeness (QED) is 0.656. The van der Waals surface area contributed by atoms with E-state index in [1.54, 1.807) is 13.8 Å². The SMILES string of the molecule is CCOC(=O)CS(=O)(=O)N1CCC(=O)C(C)C1. The van der Waals surface area contributed by atoms with Gasteiger partial charge in [0.1, 0.15) is 5.78 Å². The van der Waals surface area contributed by atoms with Crippen molar-refractivity contribution in [3.05, 3.63) is 0 Å². The number of Topliss-reactive ketones (excluding diaryl/α,β-unsaturated/α-hetero) is 1. The second-order valence-electron chi connectivity index (χ2n) is 4.04. The van der Waals surface area contributed by atoms with Gasteiger partial charge >= 0.3 is 5.97 Å². The summed E-state index contributed by atoms with van der Waals surface area (Å²) in [5, 5.41) is 0. The molecule has 17 heavy (non-hydrogen) atoms. The number of hydrogen-bond acceptors (Lipinski definition) is 5. The van der Waals surface area contributed by atoms with E-state index in [0.29, 0.717) is 0 Å². The molecular weight excluding hydrogens is 246 g/mol. The van der Waals surface area contributed by atoms with Gasteiger partial charge in [-0.25, -0.2) is 12.7 Å². The van der Waals surface area contributed by atoms with Gasteiger partial charge in [-0.05, 0) is 6.92 Å². The first-order valence-corrected chi connectivity index (χ1v) is 7.14. The van der Waals surface area contributed by atoms with Crippen LogP contribution < -0.4 is 0 Å². The molecule has 0 aromatic rings. The molecule has 0 spiro atoms. The van der Waals surface area contributed by atoms with Crippen molar-refractivity contribution in [3.8, 4) is 0 Å². The van der Waals surface area contributed by atoms with E-state index >= 15 is 0 Å². The van der Waals surface area contributed by atoms with E-state index in [4.69, 9.17) is 0 Å². The van der Waals surface area contributed by atoms with Crippen LogP contribution in [0.4, 0.5) is 0 Å². The first kappa shape index (κ1) is 14.1. The van der Waals surface area contributed by atoms with Gasteiger partial charge in [0.25, 0.3) is 0 Å². The highest BCUT2D eigenvalue weighted by Crippen LogP contribution is 2.16. The third-order valence-electron chi connectivity index (χ3n) is 2.63. The van der Waals surface area contributed by atoms with Gasteiger partial charge in [0.2, 0.25) is 10.0 Å². The fraction of sp³-hybridized carbons (Fsp3) is 0.800. The minimum atomic E-state index is -3.65. The lowest BCUT2D eigenvalue weighted by Crippen LogP contribution is -2.45. The van der Waals surface area contributed by atoms with Crippen molar-refractivity contribution in [2.45, 2.75) is 20.3 Å². The van der Waals surface area contributed by atoms with Crippen molar-refractivity contribution in [3.63, 3.8) is 0 Å². The molecule has 1 atom stereocenters. The Hall–Kier alpha value is -0.950. The van der Waals surface area contributed by atoms with Crippen molar-refractivity contribution in [1.29, 1.82) is 0 Å². The van der Waals surface area contributed by atoms with Crippen molar-refractivity contribution in [1.82, 2.24) is 4.31 Å². The number of ether oxygens (including phenoxy) is 1. The number of rotatable bonds is 4. The summed E-state index contributed by atoms with van der Waals surface area (Å²) in [6, 6.07) is 0. The summed E-state index contributed by atoms with van der Waals surface area (Å²) >= 11 is 0. The number of nitrogens with zero attached hydrogens (tertiary/aromatic N) is 1. The lowest BCUT2D eigenvalue weighted by atomic mass is 10.0. The maximum absolute atomic E-state index is 11.8. The first-order chi connectivity index (χ1) is 7.86. The molecule has 1 rings (SSSR count). The third-order valence-corrected chi connectivity index (χ3v) is 4.35. The van der Waals surface area contributed by atoms with Gasteiger partial charge in [-0.2, -0.15) is 0 Å². The highest BCUT2D eigenvalue weighted by atomic mass is 32.2. The van der Waals surface area contributed by atoms with Gasteiger partial charge in [0.05, 0.1) is 6.61 Å². The molecule has 0 aromatic carbocycles. The highest BCUT2D eigenvalue weighted by Gasteiger charge is 2.32. The molecule has 6 nitrogen and oxygen atoms in total. The van der Waals surface area contributed by atoms with Crippen LogP contribution in [-0.2, 0) is 24.3 Å². The molecule has 1 aliphatic rings. The molecular formula is C10H17NO5S. The van der Waals surface area contributed by atoms with Crippen LogP contribution in [0.3, 0.4) is 0 Å². The number of hydrogen-bond donors (Lipinski definition) is 0. The minimum Gasteiger partial charge on any atom is -0.465 e. The van der Waals surface area contributed by atoms with E-state index in [1.165, 1.54) is 4.31 Å². The van der Waals surface area contributed by atoms with Gasteiger partial charge < -0.3 is 4.74 Å². The predicted molar refractivity (Wildman–Crippen MR) is 60.8 cm³/mol. The number of esters is 1. The van der Waals surface area contributed by atoms with Crippen LogP contribution in [0, 0.1) is 5.92 Å². The van der Waals surface area contributed by atoms with Crippen LogP contribution in [0.25, 0.3) is 0 Å². The second-order valence-corrected chi connectivity index (χ2v) is 6.01. The molecule has 0 aliphatic carbocycles. The standard InChI is InChI=1S/C10H17NO5S/c1-3-16-10(13)7-17(14,15)11-5-4-9(12)8(2)6-11/h8H,3-7H2,1-2H3. The monoisotopic (exact) mass is 263 g/mol. The Labute approximate surface area is 101 Å². The zero-order valence-electron chi connectivity index (χ0n) is 10.0. The van der Waals surface area contributed by atoms with Gasteiger partial charge in [0, 0.05) is 25.4 Å². The van der Waals surface area contributed by atoms with E-state index in [0.717, 1.165) is 0 Å². The zero-order chi connectivity index (χ0) is 13.1. The Morgan fingerprint density at radius 1 is 1.53 bits per heavy atom. The van der Waals surface area contributed by atoms with Crippen LogP contribution in [0.5, 0.6) is 0 Å². The summed E-state index contributed by atoms with van der Waals surface area (Å²) < 4.78 is 29.5. The topological polar surface area (TPSA) is 80.8 Å². The maximum Gasteiger partial charge on any atom is 0.322 e. The maximum atomic E-state index is 11.8. The van der Waals surface area contributed by atoms with Gasteiger partial charge in [-0.3, -0.25) is 9.59 Å². The first-order valence-electron chi connectivity index (χ1n) is 5.53. The summed E-state index contributed by atoms with van der Waals surface area (Å²) in [6.45, 7) is 3.77. The van der Waals surface area contributed by atoms with Crippen molar-refractivity contribution in [2.75, 3.05) is 25.4 Å². The lowest BCUT2D eigenvalue weighted by molar-refractivity contribution is -0.140. The smallest absolute Gasteiger partial charge is 0.322 e. The molecule has 1 fully saturated rings. The van der Waals surface area contributed by atoms with Crippen LogP contribution in [-0.4, -0.2) is 49.9 Å². The average molecular weight is 263 g/mol. The zero-order valence-corrected chi connectivity index (χ0v) is 10.8. The molecule has 1 aliphatic heterocycles. The Balaban J connectivity index is 2.65. The molecule has 0 aromatic heterocycles. The van der Waals surface area contributed by atoms with E-state index < -0.39 is 21.7 Å². The average Bonchev–Trinajstić information content (AvgIpc) is 2.21. The molecule has 98 valence electrons. The number of piperidine rings is 1. The molecule has 1 unspecified atom stereocenters. The molecule has 0 amide bonds. The summed E-state index contributed by atoms with van der Waals surface area (Å²) in [7, 11) is -3.65. The minimum absolute atomic E-state index is 0.0626. The van der Waals surface area contributed by atoms with Crippen LogP contribution in [0.2, 0.25) is 0 Å². The molecule has 0 N–H and O–H groups in total. The Kier molecular flexibility index (Phi) is 4.64. The van der Waals surface area contributed by atoms with Gasteiger partial charge in [0.15, 0.2) is 5.75 Å². The molecule has 1 saturated heterocycles. The van der Waals surface area contributed by atoms with Crippen molar-refractivity contribution >= 4 is 21.8 Å². The lowest BCUT2D eigenvalue weighted by Gasteiger charge is -2.28. The van der Waals surface area contributed by atoms with Crippen LogP contribution in [0.15, 0.2) is 0 Å². The van der Waals surface area contributed by atoms with Crippen molar-refractivity contribution in [2.24, 2.45) is 5.92 Å². The second kappa shape index (κ2) is 5.59. The Bertz CT molecular complexity index is 403. The molecule has 7 heteroatoms. The van der Waals surface area contributed by atoms with Crippen LogP contribution >= 0.6 is 0 Å². The number of ketones is 1. The van der Waals surface area contributed by atoms with Gasteiger partial charge in [-0.1, -0.05) is 6.92 Å². The molecule has 0 radical (unpaired) electrons. The Morgan fingerprint density at radius 2 is 2.18 bits per heavy atom. The predicted octanol–water partition coefficient (Wildman–Crippen LogP) is -0.210. The Morgan fingerprint density at radius 3 is 2.71 bits per heavy atom. The van der Waals surface area contributed by atoms with E-state index in [2.05, 4.69) is 4.74 Å². The van der Waals surface area contributed by atoms with E-state index in [1.807, 2.05) is 0 Å². The van der Waals surface area contributed by atoms with E-state index in [-0.39, 0.29) is 37.8 Å². The number of carbonyl (C=O) groups excluding carboxylic acids is 2.